The second-order valence-corrected chi connectivity index (χ2v) is 10.9. The number of pyridine rings is 1. The second kappa shape index (κ2) is 15.8. The van der Waals surface area contributed by atoms with Gasteiger partial charge in [-0.05, 0) is 69.7 Å². The van der Waals surface area contributed by atoms with Crippen molar-refractivity contribution in [1.82, 2.24) is 20.5 Å². The van der Waals surface area contributed by atoms with Crippen LogP contribution in [0.4, 0.5) is 0 Å². The summed E-state index contributed by atoms with van der Waals surface area (Å²) in [7, 11) is 0. The highest BCUT2D eigenvalue weighted by atomic mass is 16.5. The Hall–Kier alpha value is -4.32. The van der Waals surface area contributed by atoms with Gasteiger partial charge in [-0.2, -0.15) is 0 Å². The van der Waals surface area contributed by atoms with Gasteiger partial charge in [-0.3, -0.25) is 19.4 Å². The van der Waals surface area contributed by atoms with Crippen LogP contribution in [-0.2, 0) is 30.3 Å². The van der Waals surface area contributed by atoms with Crippen molar-refractivity contribution in [2.24, 2.45) is 5.73 Å². The van der Waals surface area contributed by atoms with Crippen LogP contribution in [0.15, 0.2) is 54.7 Å². The van der Waals surface area contributed by atoms with Gasteiger partial charge in [0, 0.05) is 24.9 Å². The zero-order chi connectivity index (χ0) is 31.4. The number of rotatable bonds is 15. The van der Waals surface area contributed by atoms with Crippen LogP contribution >= 0.6 is 0 Å². The van der Waals surface area contributed by atoms with Crippen LogP contribution in [0, 0.1) is 0 Å². The number of esters is 1. The number of nitrogens with one attached hydrogen (secondary N) is 2. The Morgan fingerprint density at radius 2 is 1.84 bits per heavy atom. The molecule has 1 aliphatic heterocycles. The van der Waals surface area contributed by atoms with E-state index in [4.69, 9.17) is 10.5 Å². The molecule has 5 N–H and O–H groups in total. The summed E-state index contributed by atoms with van der Waals surface area (Å²) in [6, 6.07) is 10.9. The highest BCUT2D eigenvalue weighted by Crippen LogP contribution is 2.20. The number of carbonyl (C=O) groups excluding carboxylic acids is 4. The predicted octanol–water partition coefficient (Wildman–Crippen LogP) is 1.82. The number of unbranched alkanes of at least 4 members (excludes halogenated alkanes) is 1. The van der Waals surface area contributed by atoms with E-state index >= 15 is 0 Å². The van der Waals surface area contributed by atoms with Crippen LogP contribution in [0.1, 0.15) is 68.4 Å². The average molecular weight is 596 g/mol. The minimum Gasteiger partial charge on any atom is -0.480 e. The van der Waals surface area contributed by atoms with Crippen LogP contribution in [0.25, 0.3) is 0 Å². The van der Waals surface area contributed by atoms with Crippen molar-refractivity contribution in [3.8, 4) is 0 Å². The van der Waals surface area contributed by atoms with E-state index in [0.717, 1.165) is 0 Å². The smallest absolute Gasteiger partial charge is 0.338 e. The second-order valence-electron chi connectivity index (χ2n) is 10.9. The Morgan fingerprint density at radius 3 is 2.49 bits per heavy atom. The maximum atomic E-state index is 13.5. The SMILES string of the molecule is CC[C@](C)(NC(=O)[C@@H](N)CCCCOC(=O)c1ccccc1)C(=O)NC(Cc1ccccn1)C(=O)N1CCC[C@@H]1C(=O)O. The molecule has 12 nitrogen and oxygen atoms in total. The number of amides is 3. The minimum atomic E-state index is -1.39. The molecule has 4 atom stereocenters. The molecule has 232 valence electrons. The van der Waals surface area contributed by atoms with Crippen LogP contribution < -0.4 is 16.4 Å². The van der Waals surface area contributed by atoms with E-state index in [1.807, 2.05) is 6.07 Å². The highest BCUT2D eigenvalue weighted by molar-refractivity contribution is 5.96. The van der Waals surface area contributed by atoms with Crippen molar-refractivity contribution in [2.45, 2.75) is 82.5 Å². The topological polar surface area (TPSA) is 181 Å². The molecule has 1 saturated heterocycles. The molecule has 2 aromatic rings. The molecular weight excluding hydrogens is 554 g/mol. The highest BCUT2D eigenvalue weighted by Gasteiger charge is 2.41. The standard InChI is InChI=1S/C31H41N5O7/c1-3-31(2,35-26(37)23(32)15-8-10-19-43-29(41)21-12-5-4-6-13-21)30(42)34-24(20-22-14-7-9-17-33-22)27(38)36-18-11-16-25(36)28(39)40/h4-7,9,12-14,17,23-25H,3,8,10-11,15-16,18-20,32H2,1-2H3,(H,34,42)(H,35,37)(H,39,40)/t23-,24?,25+,31-/m0/s1. The monoisotopic (exact) mass is 595 g/mol. The summed E-state index contributed by atoms with van der Waals surface area (Å²) >= 11 is 0. The number of hydrogen-bond acceptors (Lipinski definition) is 8. The maximum absolute atomic E-state index is 13.5. The number of hydrogen-bond donors (Lipinski definition) is 4. The molecular formula is C31H41N5O7. The molecule has 0 spiro atoms. The van der Waals surface area contributed by atoms with Crippen LogP contribution in [0.3, 0.4) is 0 Å². The van der Waals surface area contributed by atoms with Crippen molar-refractivity contribution in [1.29, 1.82) is 0 Å². The van der Waals surface area contributed by atoms with E-state index in [2.05, 4.69) is 15.6 Å². The normalized spacial score (nSPS) is 17.3. The zero-order valence-electron chi connectivity index (χ0n) is 24.7. The van der Waals surface area contributed by atoms with E-state index in [1.165, 1.54) is 4.90 Å². The molecule has 1 aliphatic rings. The lowest BCUT2D eigenvalue weighted by molar-refractivity contribution is -0.149. The fourth-order valence-electron chi connectivity index (χ4n) is 4.82. The summed E-state index contributed by atoms with van der Waals surface area (Å²) in [6.07, 6.45) is 4.05. The number of nitrogens with two attached hydrogens (primary N) is 1. The molecule has 1 fully saturated rings. The number of nitrogens with zero attached hydrogens (tertiary/aromatic N) is 2. The fourth-order valence-corrected chi connectivity index (χ4v) is 4.82. The van der Waals surface area contributed by atoms with E-state index in [9.17, 15) is 29.1 Å². The molecule has 43 heavy (non-hydrogen) atoms. The summed E-state index contributed by atoms with van der Waals surface area (Å²) in [6.45, 7) is 3.73. The van der Waals surface area contributed by atoms with Gasteiger partial charge in [-0.1, -0.05) is 31.2 Å². The summed E-state index contributed by atoms with van der Waals surface area (Å²) in [5, 5.41) is 15.1. The number of likely N-dealkylation sites (tertiary alicyclic amines) is 1. The van der Waals surface area contributed by atoms with Gasteiger partial charge in [0.1, 0.15) is 17.6 Å². The number of benzene rings is 1. The molecule has 3 amide bonds. The number of aliphatic carboxylic acids is 1. The van der Waals surface area contributed by atoms with Crippen LogP contribution in [0.5, 0.6) is 0 Å². The van der Waals surface area contributed by atoms with Gasteiger partial charge in [0.05, 0.1) is 18.2 Å². The number of ether oxygens (including phenoxy) is 1. The Labute approximate surface area is 251 Å². The first kappa shape index (κ1) is 33.2. The van der Waals surface area contributed by atoms with Gasteiger partial charge in [0.25, 0.3) is 0 Å². The number of carboxylic acid groups (broad SMARTS) is 1. The van der Waals surface area contributed by atoms with E-state index < -0.39 is 53.3 Å². The molecule has 0 radical (unpaired) electrons. The molecule has 0 bridgehead atoms. The van der Waals surface area contributed by atoms with Crippen molar-refractivity contribution in [2.75, 3.05) is 13.2 Å². The Bertz CT molecular complexity index is 1260. The quantitative estimate of drug-likeness (QED) is 0.176. The van der Waals surface area contributed by atoms with Crippen molar-refractivity contribution < 1.29 is 33.8 Å². The average Bonchev–Trinajstić information content (AvgIpc) is 3.51. The largest absolute Gasteiger partial charge is 0.480 e. The zero-order valence-corrected chi connectivity index (χ0v) is 24.7. The fraction of sp³-hybridized carbons (Fsp3) is 0.484. The van der Waals surface area contributed by atoms with Gasteiger partial charge >= 0.3 is 11.9 Å². The molecule has 2 heterocycles. The van der Waals surface area contributed by atoms with Gasteiger partial charge < -0.3 is 31.1 Å². The first-order valence-electron chi connectivity index (χ1n) is 14.6. The third-order valence-electron chi connectivity index (χ3n) is 7.66. The third kappa shape index (κ3) is 9.34. The number of aromatic nitrogens is 1. The van der Waals surface area contributed by atoms with Crippen molar-refractivity contribution in [3.63, 3.8) is 0 Å². The van der Waals surface area contributed by atoms with Gasteiger partial charge in [-0.15, -0.1) is 0 Å². The van der Waals surface area contributed by atoms with Gasteiger partial charge in [0.15, 0.2) is 0 Å². The molecule has 12 heteroatoms. The molecule has 0 aliphatic carbocycles. The summed E-state index contributed by atoms with van der Waals surface area (Å²) in [4.78, 5) is 69.4. The van der Waals surface area contributed by atoms with Crippen molar-refractivity contribution in [3.05, 3.63) is 66.0 Å². The molecule has 0 saturated carbocycles. The first-order valence-corrected chi connectivity index (χ1v) is 14.6. The summed E-state index contributed by atoms with van der Waals surface area (Å²) in [5.74, 6) is -3.15. The Balaban J connectivity index is 1.57. The van der Waals surface area contributed by atoms with Crippen LogP contribution in [-0.4, -0.2) is 81.5 Å². The van der Waals surface area contributed by atoms with E-state index in [1.54, 1.807) is 62.5 Å². The number of carboxylic acids is 1. The lowest BCUT2D eigenvalue weighted by Gasteiger charge is -2.33. The lowest BCUT2D eigenvalue weighted by atomic mass is 9.95. The Kier molecular flexibility index (Phi) is 12.2. The van der Waals surface area contributed by atoms with E-state index in [-0.39, 0.29) is 26.0 Å². The van der Waals surface area contributed by atoms with Crippen molar-refractivity contribution >= 4 is 29.7 Å². The molecule has 1 aromatic heterocycles. The summed E-state index contributed by atoms with van der Waals surface area (Å²) in [5.41, 5.74) is 5.73. The molecule has 1 aromatic carbocycles. The van der Waals surface area contributed by atoms with Gasteiger partial charge in [-0.25, -0.2) is 9.59 Å². The Morgan fingerprint density at radius 1 is 1.12 bits per heavy atom. The first-order chi connectivity index (χ1) is 20.6. The summed E-state index contributed by atoms with van der Waals surface area (Å²) < 4.78 is 5.25. The molecule has 3 rings (SSSR count). The lowest BCUT2D eigenvalue weighted by Crippen LogP contribution is -2.63. The van der Waals surface area contributed by atoms with Gasteiger partial charge in [0.2, 0.25) is 17.7 Å². The van der Waals surface area contributed by atoms with Crippen LogP contribution in [0.2, 0.25) is 0 Å². The number of carbonyl (C=O) groups is 5. The predicted molar refractivity (Wildman–Crippen MR) is 158 cm³/mol. The third-order valence-corrected chi connectivity index (χ3v) is 7.66. The minimum absolute atomic E-state index is 0.0519. The maximum Gasteiger partial charge on any atom is 0.338 e. The van der Waals surface area contributed by atoms with E-state index in [0.29, 0.717) is 43.4 Å². The molecule has 1 unspecified atom stereocenters.